The van der Waals surface area contributed by atoms with Crippen LogP contribution in [0.5, 0.6) is 0 Å². The molecule has 2 aromatic carbocycles. The summed E-state index contributed by atoms with van der Waals surface area (Å²) in [5, 5.41) is 0.422. The molecule has 0 aliphatic rings. The summed E-state index contributed by atoms with van der Waals surface area (Å²) in [6.45, 7) is 8.61. The van der Waals surface area contributed by atoms with Crippen molar-refractivity contribution in [2.45, 2.75) is 51.4 Å². The van der Waals surface area contributed by atoms with Crippen molar-refractivity contribution in [2.24, 2.45) is 7.05 Å². The number of carbonyl (C=O) groups is 1. The molecule has 12 heteroatoms. The second-order valence-corrected chi connectivity index (χ2v) is 13.3. The lowest BCUT2D eigenvalue weighted by molar-refractivity contribution is 0.103. The SMILES string of the molecule is CC(NS(=O)[O-])c1cc(-c2cn(C)c(=O)cc2[C@H](C)NS(=O)C(C)(C)C)c(C(=O)c2ccc(Cl)cc2)cc1F. The van der Waals surface area contributed by atoms with Crippen LogP contribution in [-0.4, -0.2) is 28.1 Å². The lowest BCUT2D eigenvalue weighted by atomic mass is 9.88. The van der Waals surface area contributed by atoms with E-state index in [1.54, 1.807) is 39.8 Å². The molecule has 2 N–H and O–H groups in total. The summed E-state index contributed by atoms with van der Waals surface area (Å²) in [6.07, 6.45) is 1.52. The Morgan fingerprint density at radius 1 is 1.00 bits per heavy atom. The molecule has 3 unspecified atom stereocenters. The fourth-order valence-electron chi connectivity index (χ4n) is 3.93. The summed E-state index contributed by atoms with van der Waals surface area (Å²) in [6, 6.07) is 8.40. The number of nitrogens with zero attached hydrogens (tertiary/aromatic N) is 1. The maximum atomic E-state index is 15.4. The molecule has 0 saturated heterocycles. The van der Waals surface area contributed by atoms with E-state index in [1.165, 1.54) is 49.0 Å². The van der Waals surface area contributed by atoms with E-state index in [1.807, 2.05) is 0 Å². The highest BCUT2D eigenvalue weighted by Gasteiger charge is 2.27. The molecule has 1 aromatic heterocycles. The van der Waals surface area contributed by atoms with Gasteiger partial charge < -0.3 is 9.12 Å². The number of aromatic nitrogens is 1. The van der Waals surface area contributed by atoms with Crippen LogP contribution in [0.25, 0.3) is 11.1 Å². The lowest BCUT2D eigenvalue weighted by Gasteiger charge is -2.25. The van der Waals surface area contributed by atoms with Gasteiger partial charge in [0.15, 0.2) is 5.78 Å². The van der Waals surface area contributed by atoms with Crippen molar-refractivity contribution in [3.8, 4) is 11.1 Å². The van der Waals surface area contributed by atoms with Crippen LogP contribution in [0.4, 0.5) is 4.39 Å². The number of hydrogen-bond donors (Lipinski definition) is 2. The highest BCUT2D eigenvalue weighted by Crippen LogP contribution is 2.35. The van der Waals surface area contributed by atoms with E-state index in [-0.39, 0.29) is 27.8 Å². The molecular weight excluding hydrogens is 565 g/mol. The van der Waals surface area contributed by atoms with Crippen molar-refractivity contribution in [2.75, 3.05) is 0 Å². The number of hydrogen-bond acceptors (Lipinski definition) is 5. The van der Waals surface area contributed by atoms with Gasteiger partial charge in [-0.15, -0.1) is 0 Å². The van der Waals surface area contributed by atoms with Crippen LogP contribution in [0.1, 0.15) is 73.8 Å². The van der Waals surface area contributed by atoms with Crippen LogP contribution in [0.2, 0.25) is 5.02 Å². The molecule has 3 rings (SSSR count). The third-order valence-corrected chi connectivity index (χ3v) is 8.56. The first kappa shape index (κ1) is 31.0. The van der Waals surface area contributed by atoms with Crippen molar-refractivity contribution in [1.29, 1.82) is 0 Å². The normalized spacial score (nSPS) is 15.0. The smallest absolute Gasteiger partial charge is 0.250 e. The lowest BCUT2D eigenvalue weighted by Crippen LogP contribution is -2.35. The summed E-state index contributed by atoms with van der Waals surface area (Å²) in [5.74, 6) is -1.29. The minimum absolute atomic E-state index is 0.000499. The Bertz CT molecular complexity index is 1500. The van der Waals surface area contributed by atoms with Crippen molar-refractivity contribution in [3.63, 3.8) is 0 Å². The Kier molecular flexibility index (Phi) is 9.79. The molecule has 0 aliphatic carbocycles. The van der Waals surface area contributed by atoms with Crippen LogP contribution in [0.15, 0.2) is 53.5 Å². The maximum Gasteiger partial charge on any atom is 0.250 e. The number of nitrogens with one attached hydrogen (secondary N) is 2. The predicted octanol–water partition coefficient (Wildman–Crippen LogP) is 4.63. The molecule has 4 atom stereocenters. The van der Waals surface area contributed by atoms with Gasteiger partial charge in [-0.3, -0.25) is 13.8 Å². The molecule has 0 amide bonds. The molecule has 0 radical (unpaired) electrons. The first-order chi connectivity index (χ1) is 18.1. The highest BCUT2D eigenvalue weighted by molar-refractivity contribution is 7.84. The molecule has 1 heterocycles. The summed E-state index contributed by atoms with van der Waals surface area (Å²) in [7, 11) is 0.0490. The predicted molar refractivity (Wildman–Crippen MR) is 152 cm³/mol. The third kappa shape index (κ3) is 7.36. The minimum Gasteiger partial charge on any atom is -0.760 e. The van der Waals surface area contributed by atoms with Crippen molar-refractivity contribution >= 4 is 39.6 Å². The molecule has 0 aliphatic heterocycles. The first-order valence-corrected chi connectivity index (χ1v) is 14.6. The maximum absolute atomic E-state index is 15.4. The van der Waals surface area contributed by atoms with Gasteiger partial charge >= 0.3 is 0 Å². The molecule has 0 spiro atoms. The third-order valence-electron chi connectivity index (χ3n) is 6.08. The number of carbonyl (C=O) groups excluding carboxylic acids is 1. The standard InChI is InChI=1S/C27H31ClFN3O5S2/c1-15(30-38(35)27(3,4)5)19-13-25(33)32(6)14-23(19)21-11-20(16(2)31-39(36)37)24(29)12-22(21)26(34)17-7-9-18(28)10-8-17/h7-16,30-31H,1-6H3,(H,36,37)/p-1/t15-,16?,38?/m0/s1. The van der Waals surface area contributed by atoms with Gasteiger partial charge in [-0.25, -0.2) is 18.0 Å². The van der Waals surface area contributed by atoms with E-state index in [2.05, 4.69) is 9.44 Å². The molecule has 0 bridgehead atoms. The van der Waals surface area contributed by atoms with Crippen LogP contribution in [0, 0.1) is 5.82 Å². The molecule has 39 heavy (non-hydrogen) atoms. The van der Waals surface area contributed by atoms with Gasteiger partial charge in [0.1, 0.15) is 5.82 Å². The molecule has 0 saturated carbocycles. The second-order valence-electron chi connectivity index (χ2n) is 10.1. The van der Waals surface area contributed by atoms with Crippen LogP contribution < -0.4 is 15.0 Å². The zero-order valence-corrected chi connectivity index (χ0v) is 24.7. The van der Waals surface area contributed by atoms with Gasteiger partial charge in [0.25, 0.3) is 5.56 Å². The van der Waals surface area contributed by atoms with E-state index in [9.17, 15) is 22.6 Å². The average Bonchev–Trinajstić information content (AvgIpc) is 2.84. The highest BCUT2D eigenvalue weighted by atomic mass is 35.5. The second kappa shape index (κ2) is 12.3. The van der Waals surface area contributed by atoms with Gasteiger partial charge in [-0.1, -0.05) is 11.6 Å². The van der Waals surface area contributed by atoms with E-state index >= 15 is 4.39 Å². The number of halogens is 2. The van der Waals surface area contributed by atoms with Crippen LogP contribution >= 0.6 is 11.6 Å². The van der Waals surface area contributed by atoms with Crippen LogP contribution in [-0.2, 0) is 29.3 Å². The number of pyridine rings is 1. The Balaban J connectivity index is 2.31. The van der Waals surface area contributed by atoms with Gasteiger partial charge in [0.05, 0.1) is 15.7 Å². The fourth-order valence-corrected chi connectivity index (χ4v) is 5.27. The van der Waals surface area contributed by atoms with Gasteiger partial charge in [-0.05, 0) is 82.1 Å². The number of benzene rings is 2. The quantitative estimate of drug-likeness (QED) is 0.276. The van der Waals surface area contributed by atoms with Crippen molar-refractivity contribution in [3.05, 3.63) is 92.1 Å². The average molecular weight is 595 g/mol. The molecule has 210 valence electrons. The van der Waals surface area contributed by atoms with Gasteiger partial charge in [0, 0.05) is 69.9 Å². The minimum atomic E-state index is -2.67. The van der Waals surface area contributed by atoms with E-state index in [0.717, 1.165) is 6.07 Å². The fraction of sp³-hybridized carbons (Fsp3) is 0.333. The number of ketones is 1. The summed E-state index contributed by atoms with van der Waals surface area (Å²) in [5.41, 5.74) is 1.04. The Morgan fingerprint density at radius 3 is 2.15 bits per heavy atom. The number of rotatable bonds is 9. The van der Waals surface area contributed by atoms with E-state index < -0.39 is 50.7 Å². The zero-order chi connectivity index (χ0) is 29.2. The van der Waals surface area contributed by atoms with Gasteiger partial charge in [-0.2, -0.15) is 0 Å². The summed E-state index contributed by atoms with van der Waals surface area (Å²) < 4.78 is 56.7. The number of aryl methyl sites for hydroxylation is 1. The Hall–Kier alpha value is -2.54. The summed E-state index contributed by atoms with van der Waals surface area (Å²) >= 11 is 3.31. The Labute approximate surface area is 237 Å². The largest absolute Gasteiger partial charge is 0.760 e. The first-order valence-electron chi connectivity index (χ1n) is 12.0. The molecule has 0 fully saturated rings. The van der Waals surface area contributed by atoms with Crippen LogP contribution in [0.3, 0.4) is 0 Å². The van der Waals surface area contributed by atoms with Crippen molar-refractivity contribution in [1.82, 2.24) is 14.0 Å². The monoisotopic (exact) mass is 594 g/mol. The van der Waals surface area contributed by atoms with E-state index in [4.69, 9.17) is 11.6 Å². The van der Waals surface area contributed by atoms with E-state index in [0.29, 0.717) is 16.1 Å². The molecular formula is C27H30ClFN3O5S2-. The zero-order valence-electron chi connectivity index (χ0n) is 22.3. The van der Waals surface area contributed by atoms with Gasteiger partial charge in [0.2, 0.25) is 0 Å². The van der Waals surface area contributed by atoms with Crippen molar-refractivity contribution < 1.29 is 22.2 Å². The molecule has 3 aromatic rings. The molecule has 8 nitrogen and oxygen atoms in total. The topological polar surface area (TPSA) is 120 Å². The Morgan fingerprint density at radius 2 is 1.59 bits per heavy atom. The summed E-state index contributed by atoms with van der Waals surface area (Å²) in [4.78, 5) is 26.3.